The van der Waals surface area contributed by atoms with Crippen LogP contribution in [0.4, 0.5) is 0 Å². The molecular weight excluding hydrogens is 585 g/mol. The highest BCUT2D eigenvalue weighted by Crippen LogP contribution is 3.03. The minimum absolute atomic E-state index is 0.196. The van der Waals surface area contributed by atoms with E-state index in [-0.39, 0.29) is 10.1 Å². The van der Waals surface area contributed by atoms with Crippen LogP contribution < -0.4 is 11.4 Å². The maximum atomic E-state index is 12.9. The Morgan fingerprint density at radius 2 is 0.929 bits per heavy atom. The summed E-state index contributed by atoms with van der Waals surface area (Å²) in [6.45, 7) is 0. The van der Waals surface area contributed by atoms with Gasteiger partial charge in [0.25, 0.3) is 0 Å². The third-order valence-corrected chi connectivity index (χ3v) is 15.7. The average Bonchev–Trinajstić information content (AvgIpc) is 3.15. The molecule has 1 aromatic rings. The smallest absolute Gasteiger partial charge is 0.246 e. The van der Waals surface area contributed by atoms with Crippen LogP contribution in [0.15, 0.2) is 19.7 Å². The number of halogens is 10. The Hall–Kier alpha value is 1.38. The van der Waals surface area contributed by atoms with E-state index in [2.05, 4.69) is 0 Å². The molecule has 152 valence electrons. The molecule has 2 unspecified atom stereocenters. The van der Waals surface area contributed by atoms with Gasteiger partial charge in [-0.3, -0.25) is 0 Å². The van der Waals surface area contributed by atoms with Crippen molar-refractivity contribution in [2.24, 2.45) is 7.05 Å². The summed E-state index contributed by atoms with van der Waals surface area (Å²) in [7, 11) is 1.23. The topological polar surface area (TPSA) is 48.9 Å². The van der Waals surface area contributed by atoms with E-state index in [4.69, 9.17) is 116 Å². The Morgan fingerprint density at radius 1 is 0.607 bits per heavy atom. The van der Waals surface area contributed by atoms with Crippen LogP contribution in [-0.2, 0) is 17.0 Å². The van der Waals surface area contributed by atoms with Gasteiger partial charge in [-0.2, -0.15) is 0 Å². The second-order valence-electron chi connectivity index (χ2n) is 7.57. The van der Waals surface area contributed by atoms with E-state index in [0.29, 0.717) is 0 Å². The zero-order valence-electron chi connectivity index (χ0n) is 12.9. The number of aromatic nitrogens is 3. The number of rotatable bonds is 0. The van der Waals surface area contributed by atoms with Gasteiger partial charge < -0.3 is 0 Å². The first-order chi connectivity index (χ1) is 12.5. The molecule has 15 heteroatoms. The zero-order valence-corrected chi connectivity index (χ0v) is 20.5. The summed E-state index contributed by atoms with van der Waals surface area (Å²) in [4.78, 5) is 9.01. The summed E-state index contributed by atoms with van der Waals surface area (Å²) < 4.78 is 2.45. The highest BCUT2D eigenvalue weighted by atomic mass is 35.5. The van der Waals surface area contributed by atoms with Crippen LogP contribution in [0.3, 0.4) is 0 Å². The second kappa shape index (κ2) is 4.30. The molecule has 28 heavy (non-hydrogen) atoms. The molecule has 4 saturated carbocycles. The molecule has 7 rings (SSSR count). The van der Waals surface area contributed by atoms with Gasteiger partial charge in [-0.15, -0.1) is 69.6 Å². The van der Waals surface area contributed by atoms with Crippen molar-refractivity contribution in [3.05, 3.63) is 31.0 Å². The van der Waals surface area contributed by atoms with Gasteiger partial charge in [0.1, 0.15) is 29.2 Å². The molecule has 1 aromatic heterocycles. The summed E-state index contributed by atoms with van der Waals surface area (Å²) in [5.41, 5.74) is -1.69. The Labute approximate surface area is 205 Å². The molecule has 8 atom stereocenters. The summed E-state index contributed by atoms with van der Waals surface area (Å²) in [6.07, 6.45) is 0. The lowest BCUT2D eigenvalue weighted by Gasteiger charge is -2.55. The zero-order chi connectivity index (χ0) is 21.0. The lowest BCUT2D eigenvalue weighted by molar-refractivity contribution is 0.189. The van der Waals surface area contributed by atoms with Crippen LogP contribution in [0.1, 0.15) is 0 Å². The minimum Gasteiger partial charge on any atom is -0.246 e. The normalized spacial score (nSPS) is 62.0. The van der Waals surface area contributed by atoms with E-state index in [1.807, 2.05) is 0 Å². The van der Waals surface area contributed by atoms with Gasteiger partial charge in [0.05, 0.1) is 10.1 Å². The molecule has 5 nitrogen and oxygen atoms in total. The van der Waals surface area contributed by atoms with Crippen LogP contribution in [0, 0.1) is 0 Å². The molecule has 2 heterocycles. The first kappa shape index (κ1) is 20.0. The maximum Gasteiger partial charge on any atom is 0.348 e. The van der Waals surface area contributed by atoms with Gasteiger partial charge in [-0.25, -0.2) is 23.5 Å². The largest absolute Gasteiger partial charge is 0.348 e. The lowest BCUT2D eigenvalue weighted by Crippen LogP contribution is -2.74. The number of fused-ring (bicyclic) bond motifs is 1. The van der Waals surface area contributed by atoms with Crippen molar-refractivity contribution < 1.29 is 0 Å². The van der Waals surface area contributed by atoms with Gasteiger partial charge in [-0.05, 0) is 0 Å². The highest BCUT2D eigenvalue weighted by Gasteiger charge is 3.21. The molecule has 0 N–H and O–H groups in total. The van der Waals surface area contributed by atoms with E-state index in [1.165, 1.54) is 7.05 Å². The predicted octanol–water partition coefficient (Wildman–Crippen LogP) is 3.75. The average molecular weight is 588 g/mol. The molecule has 0 saturated heterocycles. The first-order valence-corrected chi connectivity index (χ1v) is 11.3. The lowest BCUT2D eigenvalue weighted by atomic mass is 9.78. The van der Waals surface area contributed by atoms with E-state index in [9.17, 15) is 9.59 Å². The molecule has 0 aromatic carbocycles. The molecule has 0 spiro atoms. The number of allylic oxidation sites excluding steroid dienone is 2. The molecule has 8 bridgehead atoms. The number of alkyl halides is 8. The summed E-state index contributed by atoms with van der Waals surface area (Å²) in [6, 6.07) is 0. The van der Waals surface area contributed by atoms with Crippen molar-refractivity contribution >= 4 is 116 Å². The molecule has 5 aliphatic carbocycles. The van der Waals surface area contributed by atoms with Gasteiger partial charge in [0.2, 0.25) is 0 Å². The van der Waals surface area contributed by atoms with Crippen LogP contribution in [0.2, 0.25) is 0 Å². The van der Waals surface area contributed by atoms with Gasteiger partial charge in [-0.1, -0.05) is 46.4 Å². The van der Waals surface area contributed by atoms with Gasteiger partial charge >= 0.3 is 11.4 Å². The monoisotopic (exact) mass is 583 g/mol. The van der Waals surface area contributed by atoms with E-state index >= 15 is 0 Å². The quantitative estimate of drug-likeness (QED) is 0.435. The van der Waals surface area contributed by atoms with Crippen molar-refractivity contribution in [3.8, 4) is 0 Å². The summed E-state index contributed by atoms with van der Waals surface area (Å²) >= 11 is 69.2. The van der Waals surface area contributed by atoms with Crippen molar-refractivity contribution in [2.75, 3.05) is 0 Å². The van der Waals surface area contributed by atoms with Crippen LogP contribution in [-0.4, -0.2) is 43.2 Å². The number of hydrogen-bond acceptors (Lipinski definition) is 2. The third-order valence-electron chi connectivity index (χ3n) is 7.19. The maximum absolute atomic E-state index is 12.9. The summed E-state index contributed by atoms with van der Waals surface area (Å²) in [5, 5.41) is -0.392. The predicted molar refractivity (Wildman–Crippen MR) is 112 cm³/mol. The number of nitrogens with zero attached hydrogens (tertiary/aromatic N) is 3. The Kier molecular flexibility index (Phi) is 3.07. The number of hydrogen-bond donors (Lipinski definition) is 0. The Morgan fingerprint density at radius 3 is 1.25 bits per heavy atom. The molecule has 6 aliphatic rings. The minimum atomic E-state index is -2.18. The fourth-order valence-corrected chi connectivity index (χ4v) is 13.9. The Balaban J connectivity index is 1.98. The van der Waals surface area contributed by atoms with Crippen molar-refractivity contribution in [3.63, 3.8) is 0 Å². The van der Waals surface area contributed by atoms with E-state index in [0.717, 1.165) is 13.9 Å². The Bertz CT molecular complexity index is 1170. The van der Waals surface area contributed by atoms with Crippen molar-refractivity contribution in [2.45, 2.75) is 39.2 Å². The molecular formula is C13H3Cl10N3O2. The van der Waals surface area contributed by atoms with Crippen molar-refractivity contribution in [1.29, 1.82) is 0 Å². The van der Waals surface area contributed by atoms with Gasteiger partial charge in [0.15, 0.2) is 10.00 Å². The highest BCUT2D eigenvalue weighted by molar-refractivity contribution is 6.71. The summed E-state index contributed by atoms with van der Waals surface area (Å²) in [5.74, 6) is 0. The fraction of sp³-hybridized carbons (Fsp3) is 0.692. The molecule has 1 aliphatic heterocycles. The van der Waals surface area contributed by atoms with E-state index in [1.54, 1.807) is 0 Å². The fourth-order valence-electron chi connectivity index (χ4n) is 6.29. The second-order valence-corrected chi connectivity index (χ2v) is 12.8. The molecule has 0 radical (unpaired) electrons. The van der Waals surface area contributed by atoms with Crippen LogP contribution in [0.5, 0.6) is 0 Å². The SMILES string of the molecule is Cn1c(=O)n2n(c1=O)[C@]1(Cl)C3(Cl)C4(Cl)[C@@]5(Cl)C(Cl)=C(Cl)[C@@]4(Cl)[C@@]1(Cl)[C@@]5(Cl)[C@@]23Cl. The standard InChI is InChI=1S/C13H3Cl10N3O2/c1-24-4(27)25-12(22)9(19)6(16)2(14)3(15)7(17)8(6,18)11(12,21)13(23,10(7,9)20)26(25)5(24)28/h1H3/t6-,7-,8?,9+,10+,11?,12-,13+/m0/s1. The first-order valence-electron chi connectivity index (χ1n) is 7.54. The third kappa shape index (κ3) is 0.981. The van der Waals surface area contributed by atoms with E-state index < -0.39 is 50.6 Å². The molecule has 4 fully saturated rings. The van der Waals surface area contributed by atoms with Crippen molar-refractivity contribution in [1.82, 2.24) is 13.9 Å². The van der Waals surface area contributed by atoms with Crippen LogP contribution >= 0.6 is 116 Å². The van der Waals surface area contributed by atoms with Crippen LogP contribution in [0.25, 0.3) is 0 Å². The van der Waals surface area contributed by atoms with Gasteiger partial charge in [0, 0.05) is 7.05 Å². The molecule has 0 amide bonds.